The zero-order valence-corrected chi connectivity index (χ0v) is 13.1. The minimum absolute atomic E-state index is 0.246. The maximum atomic E-state index is 13.3. The molecule has 0 atom stereocenters. The average molecular weight is 304 g/mol. The van der Waals surface area contributed by atoms with E-state index in [0.29, 0.717) is 12.2 Å². The van der Waals surface area contributed by atoms with Gasteiger partial charge in [0.05, 0.1) is 0 Å². The lowest BCUT2D eigenvalue weighted by atomic mass is 10.2. The highest BCUT2D eigenvalue weighted by Crippen LogP contribution is 2.13. The Bertz CT molecular complexity index is 633. The van der Waals surface area contributed by atoms with Gasteiger partial charge in [-0.05, 0) is 37.1 Å². The fourth-order valence-electron chi connectivity index (χ4n) is 2.24. The van der Waals surface area contributed by atoms with Crippen LogP contribution in [0.15, 0.2) is 30.6 Å². The fourth-order valence-corrected chi connectivity index (χ4v) is 2.24. The molecule has 0 fully saturated rings. The number of anilines is 1. The Kier molecular flexibility index (Phi) is 5.14. The van der Waals surface area contributed by atoms with Crippen molar-refractivity contribution in [2.45, 2.75) is 19.8 Å². The van der Waals surface area contributed by atoms with Gasteiger partial charge < -0.3 is 14.8 Å². The summed E-state index contributed by atoms with van der Waals surface area (Å²) in [5.74, 6) is 0.641. The molecule has 5 nitrogen and oxygen atoms in total. The van der Waals surface area contributed by atoms with Crippen LogP contribution < -0.4 is 5.32 Å². The number of nitrogens with zero attached hydrogens (tertiary/aromatic N) is 3. The number of nitrogens with one attached hydrogen (secondary N) is 1. The van der Waals surface area contributed by atoms with Crippen LogP contribution in [0.25, 0.3) is 0 Å². The van der Waals surface area contributed by atoms with Crippen molar-refractivity contribution >= 4 is 11.7 Å². The second kappa shape index (κ2) is 7.06. The Morgan fingerprint density at radius 3 is 2.82 bits per heavy atom. The largest absolute Gasteiger partial charge is 0.338 e. The summed E-state index contributed by atoms with van der Waals surface area (Å²) in [6.07, 6.45) is 5.28. The third kappa shape index (κ3) is 4.31. The average Bonchev–Trinajstić information content (AvgIpc) is 2.83. The molecule has 6 heteroatoms. The van der Waals surface area contributed by atoms with Crippen LogP contribution in [0.2, 0.25) is 0 Å². The molecule has 0 spiro atoms. The van der Waals surface area contributed by atoms with Crippen LogP contribution in [0.5, 0.6) is 0 Å². The van der Waals surface area contributed by atoms with Crippen molar-refractivity contribution in [3.05, 3.63) is 47.8 Å². The molecule has 118 valence electrons. The van der Waals surface area contributed by atoms with Crippen LogP contribution >= 0.6 is 0 Å². The molecule has 0 saturated carbocycles. The van der Waals surface area contributed by atoms with E-state index in [1.54, 1.807) is 31.1 Å². The summed E-state index contributed by atoms with van der Waals surface area (Å²) >= 11 is 0. The normalized spacial score (nSPS) is 10.5. The zero-order valence-electron chi connectivity index (χ0n) is 13.1. The van der Waals surface area contributed by atoms with E-state index in [9.17, 15) is 9.18 Å². The number of hydrogen-bond acceptors (Lipinski definition) is 2. The SMILES string of the molecule is Cc1cc(F)cc(NC(=O)N(C)CCCc2nccn2C)c1. The molecule has 0 unspecified atom stereocenters. The number of halogens is 1. The van der Waals surface area contributed by atoms with Crippen LogP contribution in [-0.4, -0.2) is 34.1 Å². The maximum Gasteiger partial charge on any atom is 0.321 e. The van der Waals surface area contributed by atoms with Gasteiger partial charge in [-0.15, -0.1) is 0 Å². The fraction of sp³-hybridized carbons (Fsp3) is 0.375. The molecule has 1 aromatic heterocycles. The minimum Gasteiger partial charge on any atom is -0.338 e. The van der Waals surface area contributed by atoms with Crippen molar-refractivity contribution < 1.29 is 9.18 Å². The highest BCUT2D eigenvalue weighted by atomic mass is 19.1. The van der Waals surface area contributed by atoms with E-state index >= 15 is 0 Å². The van der Waals surface area contributed by atoms with E-state index in [4.69, 9.17) is 0 Å². The van der Waals surface area contributed by atoms with E-state index in [1.165, 1.54) is 12.1 Å². The van der Waals surface area contributed by atoms with Crippen LogP contribution in [0, 0.1) is 12.7 Å². The molecule has 2 amide bonds. The first-order chi connectivity index (χ1) is 10.5. The standard InChI is InChI=1S/C16H21FN4O/c1-12-9-13(17)11-14(10-12)19-16(22)21(3)7-4-5-15-18-6-8-20(15)2/h6,8-11H,4-5,7H2,1-3H3,(H,19,22). The lowest BCUT2D eigenvalue weighted by molar-refractivity contribution is 0.222. The summed E-state index contributed by atoms with van der Waals surface area (Å²) in [5, 5.41) is 2.70. The van der Waals surface area contributed by atoms with Crippen molar-refractivity contribution in [3.63, 3.8) is 0 Å². The predicted molar refractivity (Wildman–Crippen MR) is 84.3 cm³/mol. The molecule has 2 rings (SSSR count). The van der Waals surface area contributed by atoms with Gasteiger partial charge in [0.1, 0.15) is 11.6 Å². The van der Waals surface area contributed by atoms with Crippen molar-refractivity contribution in [1.29, 1.82) is 0 Å². The van der Waals surface area contributed by atoms with Gasteiger partial charge in [0.2, 0.25) is 0 Å². The van der Waals surface area contributed by atoms with E-state index in [-0.39, 0.29) is 11.8 Å². The summed E-state index contributed by atoms with van der Waals surface area (Å²) in [6.45, 7) is 2.39. The van der Waals surface area contributed by atoms with Crippen LogP contribution in [0.3, 0.4) is 0 Å². The summed E-state index contributed by atoms with van der Waals surface area (Å²) in [4.78, 5) is 17.9. The molecule has 0 saturated heterocycles. The number of carbonyl (C=O) groups excluding carboxylic acids is 1. The quantitative estimate of drug-likeness (QED) is 0.923. The summed E-state index contributed by atoms with van der Waals surface area (Å²) in [6, 6.07) is 4.23. The Labute approximate surface area is 129 Å². The smallest absolute Gasteiger partial charge is 0.321 e. The molecular weight excluding hydrogens is 283 g/mol. The molecule has 1 N–H and O–H groups in total. The Balaban J connectivity index is 1.83. The van der Waals surface area contributed by atoms with Crippen molar-refractivity contribution in [1.82, 2.24) is 14.5 Å². The van der Waals surface area contributed by atoms with E-state index in [2.05, 4.69) is 10.3 Å². The molecular formula is C16H21FN4O. The molecule has 0 aliphatic heterocycles. The second-order valence-electron chi connectivity index (χ2n) is 5.43. The number of amides is 2. The van der Waals surface area contributed by atoms with Crippen LogP contribution in [0.1, 0.15) is 17.8 Å². The van der Waals surface area contributed by atoms with E-state index in [0.717, 1.165) is 24.2 Å². The van der Waals surface area contributed by atoms with Crippen molar-refractivity contribution in [2.75, 3.05) is 18.9 Å². The molecule has 0 bridgehead atoms. The van der Waals surface area contributed by atoms with Gasteiger partial charge in [-0.2, -0.15) is 0 Å². The van der Waals surface area contributed by atoms with E-state index < -0.39 is 0 Å². The highest BCUT2D eigenvalue weighted by Gasteiger charge is 2.10. The summed E-state index contributed by atoms with van der Waals surface area (Å²) < 4.78 is 15.3. The lowest BCUT2D eigenvalue weighted by Crippen LogP contribution is -2.32. The van der Waals surface area contributed by atoms with Gasteiger partial charge in [0, 0.05) is 45.1 Å². The molecule has 1 aromatic carbocycles. The lowest BCUT2D eigenvalue weighted by Gasteiger charge is -2.18. The number of imidazole rings is 1. The predicted octanol–water partition coefficient (Wildman–Crippen LogP) is 2.96. The first-order valence-electron chi connectivity index (χ1n) is 7.21. The van der Waals surface area contributed by atoms with Gasteiger partial charge in [-0.1, -0.05) is 0 Å². The monoisotopic (exact) mass is 304 g/mol. The zero-order chi connectivity index (χ0) is 16.1. The first-order valence-corrected chi connectivity index (χ1v) is 7.21. The highest BCUT2D eigenvalue weighted by molar-refractivity contribution is 5.89. The van der Waals surface area contributed by atoms with E-state index in [1.807, 2.05) is 17.8 Å². The number of aryl methyl sites for hydroxylation is 3. The number of hydrogen-bond donors (Lipinski definition) is 1. The molecule has 22 heavy (non-hydrogen) atoms. The summed E-state index contributed by atoms with van der Waals surface area (Å²) in [5.41, 5.74) is 1.24. The third-order valence-electron chi connectivity index (χ3n) is 3.45. The third-order valence-corrected chi connectivity index (χ3v) is 3.45. The number of carbonyl (C=O) groups is 1. The van der Waals surface area contributed by atoms with Gasteiger partial charge in [0.25, 0.3) is 0 Å². The van der Waals surface area contributed by atoms with Crippen LogP contribution in [-0.2, 0) is 13.5 Å². The summed E-state index contributed by atoms with van der Waals surface area (Å²) in [7, 11) is 3.67. The number of rotatable bonds is 5. The number of aromatic nitrogens is 2. The second-order valence-corrected chi connectivity index (χ2v) is 5.43. The Morgan fingerprint density at radius 2 is 2.18 bits per heavy atom. The Morgan fingerprint density at radius 1 is 1.41 bits per heavy atom. The van der Waals surface area contributed by atoms with Crippen molar-refractivity contribution in [3.8, 4) is 0 Å². The maximum absolute atomic E-state index is 13.3. The number of benzene rings is 1. The minimum atomic E-state index is -0.354. The van der Waals surface area contributed by atoms with Crippen LogP contribution in [0.4, 0.5) is 14.9 Å². The Hall–Kier alpha value is -2.37. The molecule has 2 aromatic rings. The first kappa shape index (κ1) is 16.0. The van der Waals surface area contributed by atoms with Gasteiger partial charge >= 0.3 is 6.03 Å². The number of urea groups is 1. The molecule has 0 radical (unpaired) electrons. The molecule has 0 aliphatic carbocycles. The van der Waals surface area contributed by atoms with Gasteiger partial charge in [-0.3, -0.25) is 0 Å². The van der Waals surface area contributed by atoms with Gasteiger partial charge in [0.15, 0.2) is 0 Å². The van der Waals surface area contributed by atoms with Gasteiger partial charge in [-0.25, -0.2) is 14.2 Å². The van der Waals surface area contributed by atoms with Crippen molar-refractivity contribution in [2.24, 2.45) is 7.05 Å². The molecule has 1 heterocycles. The molecule has 0 aliphatic rings. The topological polar surface area (TPSA) is 50.2 Å².